The predicted molar refractivity (Wildman–Crippen MR) is 106 cm³/mol. The summed E-state index contributed by atoms with van der Waals surface area (Å²) < 4.78 is 34.0. The van der Waals surface area contributed by atoms with Crippen molar-refractivity contribution in [3.05, 3.63) is 96.4 Å². The molecule has 0 unspecified atom stereocenters. The van der Waals surface area contributed by atoms with Gasteiger partial charge in [-0.15, -0.1) is 0 Å². The number of sulfonamides is 1. The van der Waals surface area contributed by atoms with E-state index in [1.54, 1.807) is 6.08 Å². The summed E-state index contributed by atoms with van der Waals surface area (Å²) in [7, 11) is -3.74. The fourth-order valence-corrected chi connectivity index (χ4v) is 3.24. The maximum absolute atomic E-state index is 11.3. The molecule has 0 aromatic heterocycles. The van der Waals surface area contributed by atoms with Gasteiger partial charge in [0.05, 0.1) is 4.90 Å². The van der Waals surface area contributed by atoms with Crippen LogP contribution in [0.1, 0.15) is 11.7 Å². The van der Waals surface area contributed by atoms with E-state index < -0.39 is 10.0 Å². The van der Waals surface area contributed by atoms with Crippen LogP contribution in [0.25, 0.3) is 0 Å². The highest BCUT2D eigenvalue weighted by Gasteiger charge is 2.20. The van der Waals surface area contributed by atoms with Crippen LogP contribution in [-0.2, 0) is 14.9 Å². The topological polar surface area (TPSA) is 99.9 Å². The van der Waals surface area contributed by atoms with Gasteiger partial charge in [0.1, 0.15) is 23.4 Å². The summed E-state index contributed by atoms with van der Waals surface area (Å²) in [5.41, 5.74) is 3.64. The van der Waals surface area contributed by atoms with Crippen LogP contribution in [0, 0.1) is 0 Å². The Labute approximate surface area is 168 Å². The maximum Gasteiger partial charge on any atom is 0.238 e. The van der Waals surface area contributed by atoms with Crippen LogP contribution in [0.4, 0.5) is 0 Å². The minimum Gasteiger partial charge on any atom is -0.457 e. The zero-order chi connectivity index (χ0) is 20.3. The van der Waals surface area contributed by atoms with E-state index >= 15 is 0 Å². The molecule has 3 N–H and O–H groups in total. The zero-order valence-corrected chi connectivity index (χ0v) is 16.0. The second kappa shape index (κ2) is 7.96. The number of rotatable bonds is 6. The normalized spacial score (nSPS) is 16.0. The molecule has 0 radical (unpaired) electrons. The fraction of sp³-hybridized carbons (Fsp3) is 0.0476. The first-order chi connectivity index (χ1) is 14.0. The van der Waals surface area contributed by atoms with E-state index in [0.717, 1.165) is 17.1 Å². The Hall–Kier alpha value is -3.33. The van der Waals surface area contributed by atoms with Gasteiger partial charge in [-0.25, -0.2) is 19.0 Å². The van der Waals surface area contributed by atoms with Crippen molar-refractivity contribution in [2.24, 2.45) is 5.14 Å². The minimum absolute atomic E-state index is 0.0187. The maximum atomic E-state index is 11.3. The summed E-state index contributed by atoms with van der Waals surface area (Å²) in [5, 5.41) is 5.09. The molecule has 148 valence electrons. The Morgan fingerprint density at radius 2 is 1.38 bits per heavy atom. The molecule has 1 heterocycles. The molecular weight excluding hydrogens is 392 g/mol. The van der Waals surface area contributed by atoms with Crippen LogP contribution >= 0.6 is 0 Å². The molecule has 0 amide bonds. The van der Waals surface area contributed by atoms with Gasteiger partial charge < -0.3 is 9.47 Å². The van der Waals surface area contributed by atoms with E-state index in [-0.39, 0.29) is 11.0 Å². The van der Waals surface area contributed by atoms with E-state index in [2.05, 4.69) is 5.48 Å². The quantitative estimate of drug-likeness (QED) is 0.644. The first-order valence-electron chi connectivity index (χ1n) is 8.74. The van der Waals surface area contributed by atoms with Gasteiger partial charge in [0.2, 0.25) is 15.9 Å². The number of nitrogens with one attached hydrogen (secondary N) is 1. The summed E-state index contributed by atoms with van der Waals surface area (Å²) in [6, 6.07) is 22.9. The van der Waals surface area contributed by atoms with Gasteiger partial charge in [-0.3, -0.25) is 4.84 Å². The van der Waals surface area contributed by atoms with Crippen molar-refractivity contribution >= 4 is 10.0 Å². The lowest BCUT2D eigenvalue weighted by Gasteiger charge is -2.09. The molecule has 0 saturated heterocycles. The molecule has 0 bridgehead atoms. The lowest BCUT2D eigenvalue weighted by Crippen LogP contribution is -2.13. The zero-order valence-electron chi connectivity index (χ0n) is 15.2. The fourth-order valence-electron chi connectivity index (χ4n) is 2.72. The molecule has 4 rings (SSSR count). The monoisotopic (exact) mass is 410 g/mol. The van der Waals surface area contributed by atoms with Gasteiger partial charge in [0.25, 0.3) is 0 Å². The van der Waals surface area contributed by atoms with Crippen LogP contribution in [0.5, 0.6) is 17.2 Å². The Balaban J connectivity index is 1.40. The van der Waals surface area contributed by atoms with Crippen LogP contribution in [0.15, 0.2) is 95.7 Å². The highest BCUT2D eigenvalue weighted by atomic mass is 32.2. The predicted octanol–water partition coefficient (Wildman–Crippen LogP) is 3.62. The van der Waals surface area contributed by atoms with Crippen molar-refractivity contribution in [2.75, 3.05) is 0 Å². The van der Waals surface area contributed by atoms with Crippen molar-refractivity contribution in [1.29, 1.82) is 0 Å². The van der Waals surface area contributed by atoms with Crippen molar-refractivity contribution < 1.29 is 22.7 Å². The highest BCUT2D eigenvalue weighted by molar-refractivity contribution is 7.89. The Morgan fingerprint density at radius 1 is 0.793 bits per heavy atom. The number of primary sulfonamides is 1. The lowest BCUT2D eigenvalue weighted by atomic mass is 10.1. The van der Waals surface area contributed by atoms with Gasteiger partial charge in [-0.1, -0.05) is 30.3 Å². The number of hydroxylamine groups is 1. The van der Waals surface area contributed by atoms with Crippen molar-refractivity contribution in [2.45, 2.75) is 11.0 Å². The molecule has 8 heteroatoms. The van der Waals surface area contributed by atoms with Gasteiger partial charge >= 0.3 is 0 Å². The van der Waals surface area contributed by atoms with E-state index in [1.165, 1.54) is 24.3 Å². The van der Waals surface area contributed by atoms with Crippen LogP contribution in [0.3, 0.4) is 0 Å². The van der Waals surface area contributed by atoms with Gasteiger partial charge in [0.15, 0.2) is 0 Å². The first-order valence-corrected chi connectivity index (χ1v) is 10.3. The molecule has 1 aliphatic heterocycles. The third-order valence-corrected chi connectivity index (χ3v) is 5.09. The molecular formula is C21H18N2O5S. The molecule has 7 nitrogen and oxygen atoms in total. The van der Waals surface area contributed by atoms with Crippen LogP contribution < -0.4 is 20.1 Å². The number of para-hydroxylation sites is 1. The Bertz CT molecular complexity index is 1110. The van der Waals surface area contributed by atoms with E-state index in [4.69, 9.17) is 19.5 Å². The van der Waals surface area contributed by atoms with Gasteiger partial charge in [0, 0.05) is 6.08 Å². The molecule has 29 heavy (non-hydrogen) atoms. The van der Waals surface area contributed by atoms with Gasteiger partial charge in [-0.2, -0.15) is 0 Å². The smallest absolute Gasteiger partial charge is 0.238 e. The molecule has 3 aromatic carbocycles. The largest absolute Gasteiger partial charge is 0.457 e. The minimum atomic E-state index is -3.74. The molecule has 1 atom stereocenters. The standard InChI is InChI=1S/C21H18N2O5S/c22-29(24,25)19-12-10-18(11-13-19)27-21-14-20(28-23-21)15-6-8-17(9-7-15)26-16-4-2-1-3-5-16/h1-14,20,23H,(H2,22,24,25)/t20-/m0/s1. The number of benzene rings is 3. The summed E-state index contributed by atoms with van der Waals surface area (Å²) in [4.78, 5) is 5.55. The van der Waals surface area contributed by atoms with E-state index in [0.29, 0.717) is 11.6 Å². The first kappa shape index (κ1) is 19.0. The molecule has 0 aliphatic carbocycles. The molecule has 0 fully saturated rings. The molecule has 1 aliphatic rings. The lowest BCUT2D eigenvalue weighted by molar-refractivity contribution is 0.0273. The van der Waals surface area contributed by atoms with Crippen molar-refractivity contribution in [1.82, 2.24) is 5.48 Å². The molecule has 0 spiro atoms. The van der Waals surface area contributed by atoms with Crippen LogP contribution in [-0.4, -0.2) is 8.42 Å². The number of hydrogen-bond acceptors (Lipinski definition) is 6. The van der Waals surface area contributed by atoms with Crippen LogP contribution in [0.2, 0.25) is 0 Å². The third-order valence-electron chi connectivity index (χ3n) is 4.16. The number of hydrogen-bond donors (Lipinski definition) is 2. The second-order valence-electron chi connectivity index (χ2n) is 6.27. The van der Waals surface area contributed by atoms with Crippen molar-refractivity contribution in [3.8, 4) is 17.2 Å². The average Bonchev–Trinajstić information content (AvgIpc) is 3.17. The van der Waals surface area contributed by atoms with E-state index in [9.17, 15) is 8.42 Å². The highest BCUT2D eigenvalue weighted by Crippen LogP contribution is 2.28. The molecule has 3 aromatic rings. The molecule has 0 saturated carbocycles. The Morgan fingerprint density at radius 3 is 2.03 bits per heavy atom. The third kappa shape index (κ3) is 4.75. The second-order valence-corrected chi connectivity index (χ2v) is 7.84. The summed E-state index contributed by atoms with van der Waals surface area (Å²) in [6.07, 6.45) is 1.44. The Kier molecular flexibility index (Phi) is 5.22. The summed E-state index contributed by atoms with van der Waals surface area (Å²) in [6.45, 7) is 0. The SMILES string of the molecule is NS(=O)(=O)c1ccc(OC2=C[C@@H](c3ccc(Oc4ccccc4)cc3)ON2)cc1. The van der Waals surface area contributed by atoms with Gasteiger partial charge in [-0.05, 0) is 54.1 Å². The average molecular weight is 410 g/mol. The summed E-state index contributed by atoms with van der Waals surface area (Å²) >= 11 is 0. The van der Waals surface area contributed by atoms with E-state index in [1.807, 2.05) is 54.6 Å². The summed E-state index contributed by atoms with van der Waals surface area (Å²) in [5.74, 6) is 2.35. The number of ether oxygens (including phenoxy) is 2. The number of nitrogens with two attached hydrogens (primary N) is 1. The van der Waals surface area contributed by atoms with Crippen molar-refractivity contribution in [3.63, 3.8) is 0 Å².